The fourth-order valence-corrected chi connectivity index (χ4v) is 2.37. The Balaban J connectivity index is 3.12. The molecule has 0 unspecified atom stereocenters. The fraction of sp³-hybridized carbons (Fsp3) is 0.556. The van der Waals surface area contributed by atoms with E-state index in [1.807, 2.05) is 6.08 Å². The monoisotopic (exact) mass is 260 g/mol. The summed E-state index contributed by atoms with van der Waals surface area (Å²) in [5.41, 5.74) is 3.38. The quantitative estimate of drug-likeness (QED) is 0.554. The first-order valence-electron chi connectivity index (χ1n) is 7.36. The van der Waals surface area contributed by atoms with Gasteiger partial charge in [-0.1, -0.05) is 58.7 Å². The van der Waals surface area contributed by atoms with E-state index < -0.39 is 0 Å². The third kappa shape index (κ3) is 4.41. The van der Waals surface area contributed by atoms with Gasteiger partial charge in [0.1, 0.15) is 5.75 Å². The van der Waals surface area contributed by atoms with Gasteiger partial charge in [-0.05, 0) is 41.4 Å². The maximum absolute atomic E-state index is 10.4. The lowest BCUT2D eigenvalue weighted by Gasteiger charge is -2.23. The molecule has 1 aromatic carbocycles. The molecule has 0 aliphatic rings. The zero-order valence-electron chi connectivity index (χ0n) is 12.9. The van der Waals surface area contributed by atoms with Crippen LogP contribution < -0.4 is 0 Å². The number of hydrogen-bond donors (Lipinski definition) is 1. The van der Waals surface area contributed by atoms with Gasteiger partial charge in [0, 0.05) is 0 Å². The molecular formula is C18H28O. The van der Waals surface area contributed by atoms with Crippen molar-refractivity contribution in [3.05, 3.63) is 41.5 Å². The van der Waals surface area contributed by atoms with Gasteiger partial charge < -0.3 is 5.11 Å². The molecule has 1 heteroatoms. The number of hydrogen-bond acceptors (Lipinski definition) is 1. The van der Waals surface area contributed by atoms with Crippen molar-refractivity contribution < 1.29 is 5.11 Å². The van der Waals surface area contributed by atoms with Crippen molar-refractivity contribution in [1.82, 2.24) is 0 Å². The minimum Gasteiger partial charge on any atom is -0.507 e. The number of aryl methyl sites for hydroxylation is 1. The lowest BCUT2D eigenvalue weighted by Crippen LogP contribution is -2.13. The van der Waals surface area contributed by atoms with Crippen molar-refractivity contribution >= 4 is 0 Å². The summed E-state index contributed by atoms with van der Waals surface area (Å²) in [4.78, 5) is 0. The standard InChI is InChI=1S/C18H28O/c1-6-8-9-11-14-12-15(10-7-2)17(19)16(13-14)18(3,4)5/h7,12-13,19H,2,6,8-11H2,1,3-5H3. The van der Waals surface area contributed by atoms with Gasteiger partial charge in [-0.15, -0.1) is 6.58 Å². The summed E-state index contributed by atoms with van der Waals surface area (Å²) >= 11 is 0. The van der Waals surface area contributed by atoms with Crippen molar-refractivity contribution in [3.63, 3.8) is 0 Å². The highest BCUT2D eigenvalue weighted by molar-refractivity contribution is 5.47. The molecule has 19 heavy (non-hydrogen) atoms. The van der Waals surface area contributed by atoms with Gasteiger partial charge in [-0.2, -0.15) is 0 Å². The number of allylic oxidation sites excluding steroid dienone is 1. The minimum atomic E-state index is -0.0270. The van der Waals surface area contributed by atoms with Crippen molar-refractivity contribution in [3.8, 4) is 5.75 Å². The Bertz CT molecular complexity index is 424. The average Bonchev–Trinajstić information content (AvgIpc) is 2.32. The predicted molar refractivity (Wildman–Crippen MR) is 83.9 cm³/mol. The smallest absolute Gasteiger partial charge is 0.122 e. The van der Waals surface area contributed by atoms with Gasteiger partial charge in [0.25, 0.3) is 0 Å². The van der Waals surface area contributed by atoms with Gasteiger partial charge in [0.05, 0.1) is 0 Å². The van der Waals surface area contributed by atoms with E-state index in [0.717, 1.165) is 24.0 Å². The molecule has 0 aliphatic heterocycles. The first-order chi connectivity index (χ1) is 8.90. The van der Waals surface area contributed by atoms with Crippen LogP contribution in [0.25, 0.3) is 0 Å². The van der Waals surface area contributed by atoms with Crippen LogP contribution in [0.15, 0.2) is 24.8 Å². The van der Waals surface area contributed by atoms with Crippen LogP contribution in [0.5, 0.6) is 5.75 Å². The van der Waals surface area contributed by atoms with E-state index in [9.17, 15) is 5.11 Å². The molecule has 1 N–H and O–H groups in total. The zero-order chi connectivity index (χ0) is 14.5. The normalized spacial score (nSPS) is 11.6. The SMILES string of the molecule is C=CCc1cc(CCCCC)cc(C(C)(C)C)c1O. The van der Waals surface area contributed by atoms with E-state index in [4.69, 9.17) is 0 Å². The maximum Gasteiger partial charge on any atom is 0.122 e. The van der Waals surface area contributed by atoms with Crippen molar-refractivity contribution in [2.75, 3.05) is 0 Å². The Morgan fingerprint density at radius 2 is 1.89 bits per heavy atom. The molecule has 0 bridgehead atoms. The molecule has 0 aliphatic carbocycles. The molecule has 0 saturated carbocycles. The fourth-order valence-electron chi connectivity index (χ4n) is 2.37. The van der Waals surface area contributed by atoms with Gasteiger partial charge in [-0.3, -0.25) is 0 Å². The van der Waals surface area contributed by atoms with Crippen molar-refractivity contribution in [1.29, 1.82) is 0 Å². The van der Waals surface area contributed by atoms with E-state index in [-0.39, 0.29) is 5.41 Å². The number of rotatable bonds is 6. The number of aromatic hydroxyl groups is 1. The van der Waals surface area contributed by atoms with Crippen LogP contribution in [0.1, 0.15) is 63.6 Å². The highest BCUT2D eigenvalue weighted by Crippen LogP contribution is 2.35. The second-order valence-corrected chi connectivity index (χ2v) is 6.35. The van der Waals surface area contributed by atoms with E-state index in [1.54, 1.807) is 0 Å². The van der Waals surface area contributed by atoms with Crippen molar-refractivity contribution in [2.24, 2.45) is 0 Å². The van der Waals surface area contributed by atoms with Gasteiger partial charge >= 0.3 is 0 Å². The highest BCUT2D eigenvalue weighted by Gasteiger charge is 2.20. The van der Waals surface area contributed by atoms with Crippen LogP contribution >= 0.6 is 0 Å². The van der Waals surface area contributed by atoms with Crippen LogP contribution in [-0.2, 0) is 18.3 Å². The summed E-state index contributed by atoms with van der Waals surface area (Å²) in [7, 11) is 0. The van der Waals surface area contributed by atoms with Gasteiger partial charge in [0.15, 0.2) is 0 Å². The topological polar surface area (TPSA) is 20.2 Å². The summed E-state index contributed by atoms with van der Waals surface area (Å²) in [5.74, 6) is 0.451. The Morgan fingerprint density at radius 1 is 1.21 bits per heavy atom. The second-order valence-electron chi connectivity index (χ2n) is 6.35. The first-order valence-corrected chi connectivity index (χ1v) is 7.36. The molecular weight excluding hydrogens is 232 g/mol. The summed E-state index contributed by atoms with van der Waals surface area (Å²) in [5, 5.41) is 10.4. The molecule has 0 radical (unpaired) electrons. The Morgan fingerprint density at radius 3 is 2.42 bits per heavy atom. The molecule has 1 aromatic rings. The van der Waals surface area contributed by atoms with Crippen LogP contribution in [0, 0.1) is 0 Å². The molecule has 0 amide bonds. The zero-order valence-corrected chi connectivity index (χ0v) is 12.9. The van der Waals surface area contributed by atoms with E-state index >= 15 is 0 Å². The second kappa shape index (κ2) is 6.79. The summed E-state index contributed by atoms with van der Waals surface area (Å²) < 4.78 is 0. The van der Waals surface area contributed by atoms with Crippen LogP contribution in [0.3, 0.4) is 0 Å². The molecule has 0 fully saturated rings. The van der Waals surface area contributed by atoms with E-state index in [2.05, 4.69) is 46.4 Å². The van der Waals surface area contributed by atoms with E-state index in [0.29, 0.717) is 5.75 Å². The largest absolute Gasteiger partial charge is 0.507 e. The molecule has 106 valence electrons. The molecule has 0 atom stereocenters. The number of benzene rings is 1. The van der Waals surface area contributed by atoms with Crippen LogP contribution in [0.2, 0.25) is 0 Å². The number of unbranched alkanes of at least 4 members (excludes halogenated alkanes) is 2. The number of phenolic OH excluding ortho intramolecular Hbond substituents is 1. The number of phenols is 1. The molecule has 0 heterocycles. The highest BCUT2D eigenvalue weighted by atomic mass is 16.3. The molecule has 0 saturated heterocycles. The molecule has 0 aromatic heterocycles. The maximum atomic E-state index is 10.4. The predicted octanol–water partition coefficient (Wildman–Crippen LogP) is 5.15. The average molecular weight is 260 g/mol. The molecule has 1 nitrogen and oxygen atoms in total. The lowest BCUT2D eigenvalue weighted by molar-refractivity contribution is 0.441. The summed E-state index contributed by atoms with van der Waals surface area (Å²) in [6.45, 7) is 12.5. The third-order valence-electron chi connectivity index (χ3n) is 3.49. The van der Waals surface area contributed by atoms with Crippen LogP contribution in [0.4, 0.5) is 0 Å². The summed E-state index contributed by atoms with van der Waals surface area (Å²) in [6, 6.07) is 4.32. The Kier molecular flexibility index (Phi) is 5.65. The minimum absolute atomic E-state index is 0.0270. The van der Waals surface area contributed by atoms with Crippen LogP contribution in [-0.4, -0.2) is 5.11 Å². The molecule has 0 spiro atoms. The summed E-state index contributed by atoms with van der Waals surface area (Å²) in [6.07, 6.45) is 7.42. The Labute approximate surface area is 118 Å². The first kappa shape index (κ1) is 15.8. The van der Waals surface area contributed by atoms with Crippen molar-refractivity contribution in [2.45, 2.75) is 65.2 Å². The molecule has 1 rings (SSSR count). The lowest BCUT2D eigenvalue weighted by atomic mass is 9.83. The van der Waals surface area contributed by atoms with Gasteiger partial charge in [-0.25, -0.2) is 0 Å². The Hall–Kier alpha value is -1.24. The third-order valence-corrected chi connectivity index (χ3v) is 3.49. The van der Waals surface area contributed by atoms with Gasteiger partial charge in [0.2, 0.25) is 0 Å². The van der Waals surface area contributed by atoms with E-state index in [1.165, 1.54) is 24.8 Å².